The molecule has 0 aromatic heterocycles. The van der Waals surface area contributed by atoms with Crippen LogP contribution in [0.5, 0.6) is 17.2 Å². The standard InChI is InChI=1S/C18H22N2O4/c1-22-15-7-4-13(5-8-15)20-18(21)10-11-19-14-6-9-16(23-2)17(12-14)24-3/h4-9,12,19H,10-11H2,1-3H3,(H,20,21). The second-order valence-corrected chi connectivity index (χ2v) is 5.02. The van der Waals surface area contributed by atoms with Crippen molar-refractivity contribution < 1.29 is 19.0 Å². The van der Waals surface area contributed by atoms with Gasteiger partial charge in [0.1, 0.15) is 5.75 Å². The maximum absolute atomic E-state index is 12.0. The Morgan fingerprint density at radius 3 is 2.17 bits per heavy atom. The van der Waals surface area contributed by atoms with Gasteiger partial charge in [0.25, 0.3) is 0 Å². The van der Waals surface area contributed by atoms with E-state index in [1.807, 2.05) is 18.2 Å². The smallest absolute Gasteiger partial charge is 0.226 e. The summed E-state index contributed by atoms with van der Waals surface area (Å²) < 4.78 is 15.5. The summed E-state index contributed by atoms with van der Waals surface area (Å²) >= 11 is 0. The molecule has 128 valence electrons. The Morgan fingerprint density at radius 2 is 1.54 bits per heavy atom. The molecular formula is C18H22N2O4. The van der Waals surface area contributed by atoms with E-state index in [-0.39, 0.29) is 5.91 Å². The summed E-state index contributed by atoms with van der Waals surface area (Å²) in [5, 5.41) is 6.03. The van der Waals surface area contributed by atoms with Gasteiger partial charge < -0.3 is 24.8 Å². The predicted molar refractivity (Wildman–Crippen MR) is 94.3 cm³/mol. The van der Waals surface area contributed by atoms with Crippen LogP contribution >= 0.6 is 0 Å². The molecule has 0 aliphatic carbocycles. The number of carbonyl (C=O) groups excluding carboxylic acids is 1. The van der Waals surface area contributed by atoms with Gasteiger partial charge in [-0.15, -0.1) is 0 Å². The van der Waals surface area contributed by atoms with E-state index >= 15 is 0 Å². The Balaban J connectivity index is 1.81. The number of benzene rings is 2. The molecule has 2 aromatic carbocycles. The molecule has 24 heavy (non-hydrogen) atoms. The minimum atomic E-state index is -0.0619. The zero-order chi connectivity index (χ0) is 17.4. The summed E-state index contributed by atoms with van der Waals surface area (Å²) in [6, 6.07) is 12.7. The number of carbonyl (C=O) groups is 1. The molecule has 2 rings (SSSR count). The molecule has 0 aliphatic heterocycles. The van der Waals surface area contributed by atoms with Crippen molar-refractivity contribution >= 4 is 17.3 Å². The summed E-state index contributed by atoms with van der Waals surface area (Å²) in [5.41, 5.74) is 1.61. The highest BCUT2D eigenvalue weighted by Crippen LogP contribution is 2.29. The van der Waals surface area contributed by atoms with Crippen LogP contribution in [0.4, 0.5) is 11.4 Å². The van der Waals surface area contributed by atoms with E-state index in [2.05, 4.69) is 10.6 Å². The highest BCUT2D eigenvalue weighted by Gasteiger charge is 2.06. The lowest BCUT2D eigenvalue weighted by atomic mass is 10.2. The molecule has 0 atom stereocenters. The van der Waals surface area contributed by atoms with Crippen molar-refractivity contribution in [3.05, 3.63) is 42.5 Å². The molecule has 0 spiro atoms. The largest absolute Gasteiger partial charge is 0.497 e. The van der Waals surface area contributed by atoms with Crippen LogP contribution in [0, 0.1) is 0 Å². The molecule has 0 saturated carbocycles. The molecular weight excluding hydrogens is 308 g/mol. The number of hydrogen-bond acceptors (Lipinski definition) is 5. The zero-order valence-electron chi connectivity index (χ0n) is 14.1. The van der Waals surface area contributed by atoms with Gasteiger partial charge in [-0.3, -0.25) is 4.79 Å². The van der Waals surface area contributed by atoms with Crippen molar-refractivity contribution in [2.75, 3.05) is 38.5 Å². The predicted octanol–water partition coefficient (Wildman–Crippen LogP) is 3.15. The molecule has 0 aliphatic rings. The normalized spacial score (nSPS) is 9.96. The van der Waals surface area contributed by atoms with Crippen molar-refractivity contribution in [3.8, 4) is 17.2 Å². The average molecular weight is 330 g/mol. The number of anilines is 2. The van der Waals surface area contributed by atoms with Crippen molar-refractivity contribution in [1.82, 2.24) is 0 Å². The van der Waals surface area contributed by atoms with Crippen molar-refractivity contribution in [2.45, 2.75) is 6.42 Å². The molecule has 6 nitrogen and oxygen atoms in total. The molecule has 6 heteroatoms. The molecule has 2 aromatic rings. The fourth-order valence-corrected chi connectivity index (χ4v) is 2.16. The van der Waals surface area contributed by atoms with E-state index < -0.39 is 0 Å². The summed E-state index contributed by atoms with van der Waals surface area (Å²) in [6.45, 7) is 0.511. The van der Waals surface area contributed by atoms with Crippen LogP contribution in [0.2, 0.25) is 0 Å². The topological polar surface area (TPSA) is 68.8 Å². The molecule has 1 amide bonds. The van der Waals surface area contributed by atoms with E-state index in [0.29, 0.717) is 24.5 Å². The van der Waals surface area contributed by atoms with Gasteiger partial charge in [-0.05, 0) is 36.4 Å². The van der Waals surface area contributed by atoms with Gasteiger partial charge in [0.15, 0.2) is 11.5 Å². The monoisotopic (exact) mass is 330 g/mol. The second kappa shape index (κ2) is 8.67. The van der Waals surface area contributed by atoms with Gasteiger partial charge in [0, 0.05) is 30.4 Å². The first-order valence-electron chi connectivity index (χ1n) is 7.56. The van der Waals surface area contributed by atoms with Crippen LogP contribution in [0.15, 0.2) is 42.5 Å². The van der Waals surface area contributed by atoms with E-state index in [1.54, 1.807) is 45.6 Å². The summed E-state index contributed by atoms with van der Waals surface area (Å²) in [7, 11) is 4.78. The number of hydrogen-bond donors (Lipinski definition) is 2. The number of nitrogens with one attached hydrogen (secondary N) is 2. The molecule has 0 heterocycles. The first kappa shape index (κ1) is 17.5. The lowest BCUT2D eigenvalue weighted by Gasteiger charge is -2.11. The Bertz CT molecular complexity index is 671. The van der Waals surface area contributed by atoms with E-state index in [1.165, 1.54) is 0 Å². The number of rotatable bonds is 8. The van der Waals surface area contributed by atoms with E-state index in [4.69, 9.17) is 14.2 Å². The van der Waals surface area contributed by atoms with Crippen LogP contribution < -0.4 is 24.8 Å². The lowest BCUT2D eigenvalue weighted by molar-refractivity contribution is -0.115. The summed E-state index contributed by atoms with van der Waals surface area (Å²) in [6.07, 6.45) is 0.348. The van der Waals surface area contributed by atoms with Gasteiger partial charge in [-0.25, -0.2) is 0 Å². The maximum Gasteiger partial charge on any atom is 0.226 e. The SMILES string of the molecule is COc1ccc(NC(=O)CCNc2ccc(OC)c(OC)c2)cc1. The quantitative estimate of drug-likeness (QED) is 0.778. The average Bonchev–Trinajstić information content (AvgIpc) is 2.62. The molecule has 0 unspecified atom stereocenters. The van der Waals surface area contributed by atoms with Gasteiger partial charge in [0.2, 0.25) is 5.91 Å². The van der Waals surface area contributed by atoms with Crippen LogP contribution in [0.1, 0.15) is 6.42 Å². The van der Waals surface area contributed by atoms with Gasteiger partial charge >= 0.3 is 0 Å². The molecule has 0 radical (unpaired) electrons. The zero-order valence-corrected chi connectivity index (χ0v) is 14.1. The third-order valence-corrected chi connectivity index (χ3v) is 3.44. The van der Waals surface area contributed by atoms with Crippen LogP contribution in [-0.4, -0.2) is 33.8 Å². The third kappa shape index (κ3) is 4.81. The molecule has 2 N–H and O–H groups in total. The fraction of sp³-hybridized carbons (Fsp3) is 0.278. The Kier molecular flexibility index (Phi) is 6.31. The van der Waals surface area contributed by atoms with Crippen LogP contribution in [0.3, 0.4) is 0 Å². The number of methoxy groups -OCH3 is 3. The van der Waals surface area contributed by atoms with Crippen LogP contribution in [-0.2, 0) is 4.79 Å². The van der Waals surface area contributed by atoms with Gasteiger partial charge in [-0.2, -0.15) is 0 Å². The molecule has 0 fully saturated rings. The Morgan fingerprint density at radius 1 is 0.875 bits per heavy atom. The molecule has 0 saturated heterocycles. The first-order valence-corrected chi connectivity index (χ1v) is 7.56. The third-order valence-electron chi connectivity index (χ3n) is 3.44. The van der Waals surface area contributed by atoms with Gasteiger partial charge in [-0.1, -0.05) is 0 Å². The minimum absolute atomic E-state index is 0.0619. The fourth-order valence-electron chi connectivity index (χ4n) is 2.16. The molecule has 0 bridgehead atoms. The van der Waals surface area contributed by atoms with E-state index in [0.717, 1.165) is 17.1 Å². The minimum Gasteiger partial charge on any atom is -0.497 e. The second-order valence-electron chi connectivity index (χ2n) is 5.02. The summed E-state index contributed by atoms with van der Waals surface area (Å²) in [5.74, 6) is 2.00. The van der Waals surface area contributed by atoms with Crippen molar-refractivity contribution in [2.24, 2.45) is 0 Å². The highest BCUT2D eigenvalue weighted by atomic mass is 16.5. The summed E-state index contributed by atoms with van der Waals surface area (Å²) in [4.78, 5) is 12.0. The van der Waals surface area contributed by atoms with Crippen molar-refractivity contribution in [1.29, 1.82) is 0 Å². The van der Waals surface area contributed by atoms with Crippen molar-refractivity contribution in [3.63, 3.8) is 0 Å². The number of ether oxygens (including phenoxy) is 3. The Hall–Kier alpha value is -2.89. The Labute approximate surface area is 141 Å². The number of amides is 1. The van der Waals surface area contributed by atoms with Crippen LogP contribution in [0.25, 0.3) is 0 Å². The van der Waals surface area contributed by atoms with Gasteiger partial charge in [0.05, 0.1) is 21.3 Å². The highest BCUT2D eigenvalue weighted by molar-refractivity contribution is 5.91. The maximum atomic E-state index is 12.0. The lowest BCUT2D eigenvalue weighted by Crippen LogP contribution is -2.16. The van der Waals surface area contributed by atoms with E-state index in [9.17, 15) is 4.79 Å². The first-order chi connectivity index (χ1) is 11.7.